The van der Waals surface area contributed by atoms with Crippen LogP contribution in [0.5, 0.6) is 0 Å². The number of hydrogen-bond donors (Lipinski definition) is 2. The van der Waals surface area contributed by atoms with Crippen molar-refractivity contribution < 1.29 is 22.8 Å². The molecule has 40 heavy (non-hydrogen) atoms. The van der Waals surface area contributed by atoms with Gasteiger partial charge in [0.2, 0.25) is 0 Å². The van der Waals surface area contributed by atoms with Gasteiger partial charge in [0.05, 0.1) is 28.2 Å². The average Bonchev–Trinajstić information content (AvgIpc) is 3.43. The molecule has 0 saturated heterocycles. The standard InChI is InChI=1S/C25H21Cl2F3N8O2/c1-13-7-15(26)8-17(23(39)32-10-14-4-5-14)21(13)34-24(40)19-9-16(12-37-33-11-20(36-37)25(28,29)30)35-38(19)22-18(27)3-2-6-31-22/h2-3,6-9,11,14H,4-5,10,12H2,1H3,(H,32,39)(H,34,40). The molecule has 10 nitrogen and oxygen atoms in total. The van der Waals surface area contributed by atoms with Gasteiger partial charge in [0.1, 0.15) is 12.2 Å². The summed E-state index contributed by atoms with van der Waals surface area (Å²) >= 11 is 12.5. The summed E-state index contributed by atoms with van der Waals surface area (Å²) in [5.41, 5.74) is -0.0819. The quantitative estimate of drug-likeness (QED) is 0.299. The zero-order valence-corrected chi connectivity index (χ0v) is 22.3. The molecule has 0 aliphatic heterocycles. The van der Waals surface area contributed by atoms with Crippen molar-refractivity contribution in [1.29, 1.82) is 0 Å². The molecule has 1 aliphatic rings. The third-order valence-electron chi connectivity index (χ3n) is 6.09. The first-order valence-electron chi connectivity index (χ1n) is 12.1. The minimum atomic E-state index is -4.66. The van der Waals surface area contributed by atoms with E-state index < -0.39 is 17.8 Å². The number of halogens is 5. The first-order valence-corrected chi connectivity index (χ1v) is 12.8. The van der Waals surface area contributed by atoms with Crippen LogP contribution in [0.2, 0.25) is 10.0 Å². The number of carbonyl (C=O) groups excluding carboxylic acids is 2. The molecule has 0 radical (unpaired) electrons. The van der Waals surface area contributed by atoms with Gasteiger partial charge in [0.25, 0.3) is 11.8 Å². The van der Waals surface area contributed by atoms with E-state index in [1.807, 2.05) is 0 Å². The molecule has 0 unspecified atom stereocenters. The Morgan fingerprint density at radius 1 is 1.12 bits per heavy atom. The fourth-order valence-electron chi connectivity index (χ4n) is 3.93. The van der Waals surface area contributed by atoms with Gasteiger partial charge in [-0.1, -0.05) is 23.2 Å². The summed E-state index contributed by atoms with van der Waals surface area (Å²) < 4.78 is 40.1. The molecule has 1 saturated carbocycles. The van der Waals surface area contributed by atoms with Crippen LogP contribution in [0.25, 0.3) is 5.82 Å². The summed E-state index contributed by atoms with van der Waals surface area (Å²) in [5.74, 6) is -0.513. The Bertz CT molecular complexity index is 1600. The number of amides is 2. The number of alkyl halides is 3. The summed E-state index contributed by atoms with van der Waals surface area (Å²) in [5, 5.41) is 17.5. The first-order chi connectivity index (χ1) is 19.0. The van der Waals surface area contributed by atoms with Gasteiger partial charge in [0, 0.05) is 17.8 Å². The monoisotopic (exact) mass is 592 g/mol. The van der Waals surface area contributed by atoms with E-state index in [2.05, 4.69) is 30.9 Å². The molecule has 1 aromatic carbocycles. The normalized spacial score (nSPS) is 13.3. The molecule has 0 bridgehead atoms. The van der Waals surface area contributed by atoms with Crippen molar-refractivity contribution in [3.8, 4) is 5.82 Å². The van der Waals surface area contributed by atoms with E-state index in [4.69, 9.17) is 23.2 Å². The molecule has 1 aliphatic carbocycles. The number of aromatic nitrogens is 6. The second-order valence-electron chi connectivity index (χ2n) is 9.25. The van der Waals surface area contributed by atoms with Gasteiger partial charge >= 0.3 is 6.18 Å². The number of benzene rings is 1. The van der Waals surface area contributed by atoms with E-state index >= 15 is 0 Å². The van der Waals surface area contributed by atoms with Gasteiger partial charge in [-0.3, -0.25) is 9.59 Å². The van der Waals surface area contributed by atoms with Crippen LogP contribution in [-0.4, -0.2) is 48.1 Å². The highest BCUT2D eigenvalue weighted by Crippen LogP contribution is 2.30. The predicted octanol–water partition coefficient (Wildman–Crippen LogP) is 4.93. The summed E-state index contributed by atoms with van der Waals surface area (Å²) in [4.78, 5) is 31.6. The molecule has 2 amide bonds. The van der Waals surface area contributed by atoms with E-state index in [0.29, 0.717) is 29.2 Å². The van der Waals surface area contributed by atoms with Crippen molar-refractivity contribution in [3.05, 3.63) is 81.0 Å². The number of hydrogen-bond acceptors (Lipinski definition) is 6. The van der Waals surface area contributed by atoms with Gasteiger partial charge < -0.3 is 10.6 Å². The Balaban J connectivity index is 1.49. The zero-order chi connectivity index (χ0) is 28.6. The van der Waals surface area contributed by atoms with Crippen LogP contribution in [0, 0.1) is 12.8 Å². The second kappa shape index (κ2) is 10.9. The van der Waals surface area contributed by atoms with E-state index in [0.717, 1.165) is 17.6 Å². The van der Waals surface area contributed by atoms with E-state index in [-0.39, 0.29) is 45.9 Å². The molecule has 1 fully saturated rings. The average molecular weight is 593 g/mol. The minimum Gasteiger partial charge on any atom is -0.352 e. The topological polar surface area (TPSA) is 120 Å². The van der Waals surface area contributed by atoms with Gasteiger partial charge in [-0.2, -0.15) is 28.2 Å². The lowest BCUT2D eigenvalue weighted by Gasteiger charge is -2.15. The first kappa shape index (κ1) is 27.6. The highest BCUT2D eigenvalue weighted by molar-refractivity contribution is 6.32. The third kappa shape index (κ3) is 6.10. The Morgan fingerprint density at radius 3 is 2.58 bits per heavy atom. The van der Waals surface area contributed by atoms with Crippen molar-refractivity contribution in [2.75, 3.05) is 11.9 Å². The summed E-state index contributed by atoms with van der Waals surface area (Å²) in [7, 11) is 0. The zero-order valence-electron chi connectivity index (χ0n) is 20.8. The van der Waals surface area contributed by atoms with E-state index in [1.165, 1.54) is 23.0 Å². The number of rotatable bonds is 8. The van der Waals surface area contributed by atoms with Crippen LogP contribution in [-0.2, 0) is 12.7 Å². The fourth-order valence-corrected chi connectivity index (χ4v) is 4.41. The number of anilines is 1. The second-order valence-corrected chi connectivity index (χ2v) is 10.1. The summed E-state index contributed by atoms with van der Waals surface area (Å²) in [6.07, 6.45) is -0.526. The van der Waals surface area contributed by atoms with Gasteiger partial charge in [0.15, 0.2) is 11.5 Å². The largest absolute Gasteiger partial charge is 0.436 e. The molecule has 15 heteroatoms. The highest BCUT2D eigenvalue weighted by atomic mass is 35.5. The number of nitrogens with zero attached hydrogens (tertiary/aromatic N) is 6. The maximum atomic E-state index is 13.6. The highest BCUT2D eigenvalue weighted by Gasteiger charge is 2.34. The molecule has 208 valence electrons. The Kier molecular flexibility index (Phi) is 7.51. The number of nitrogens with one attached hydrogen (secondary N) is 2. The molecule has 3 aromatic heterocycles. The maximum Gasteiger partial charge on any atom is 0.436 e. The van der Waals surface area contributed by atoms with Crippen molar-refractivity contribution >= 4 is 40.7 Å². The van der Waals surface area contributed by atoms with Crippen LogP contribution in [0.1, 0.15) is 50.6 Å². The lowest BCUT2D eigenvalue weighted by Crippen LogP contribution is -2.28. The molecule has 4 aromatic rings. The van der Waals surface area contributed by atoms with Crippen LogP contribution < -0.4 is 10.6 Å². The summed E-state index contributed by atoms with van der Waals surface area (Å²) in [6.45, 7) is 1.94. The molecule has 2 N–H and O–H groups in total. The Morgan fingerprint density at radius 2 is 1.90 bits per heavy atom. The van der Waals surface area contributed by atoms with E-state index in [9.17, 15) is 22.8 Å². The fraction of sp³-hybridized carbons (Fsp3) is 0.280. The number of carbonyl (C=O) groups is 2. The van der Waals surface area contributed by atoms with Crippen LogP contribution in [0.4, 0.5) is 18.9 Å². The van der Waals surface area contributed by atoms with Crippen molar-refractivity contribution in [3.63, 3.8) is 0 Å². The van der Waals surface area contributed by atoms with Gasteiger partial charge in [-0.05, 0) is 61.6 Å². The Hall–Kier alpha value is -3.97. The van der Waals surface area contributed by atoms with Gasteiger partial charge in [-0.15, -0.1) is 5.10 Å². The lowest BCUT2D eigenvalue weighted by atomic mass is 10.1. The van der Waals surface area contributed by atoms with Crippen LogP contribution >= 0.6 is 23.2 Å². The molecule has 0 atom stereocenters. The SMILES string of the molecule is Cc1cc(Cl)cc(C(=O)NCC2CC2)c1NC(=O)c1cc(Cn2ncc(C(F)(F)F)n2)nn1-c1ncccc1Cl. The maximum absolute atomic E-state index is 13.6. The third-order valence-corrected chi connectivity index (χ3v) is 6.61. The van der Waals surface area contributed by atoms with Crippen LogP contribution in [0.3, 0.4) is 0 Å². The molecule has 5 rings (SSSR count). The van der Waals surface area contributed by atoms with Crippen molar-refractivity contribution in [2.24, 2.45) is 5.92 Å². The number of aryl methyl sites for hydroxylation is 1. The smallest absolute Gasteiger partial charge is 0.352 e. The molecular weight excluding hydrogens is 572 g/mol. The molecule has 3 heterocycles. The van der Waals surface area contributed by atoms with Gasteiger partial charge in [-0.25, -0.2) is 9.67 Å². The van der Waals surface area contributed by atoms with Crippen molar-refractivity contribution in [1.82, 2.24) is 35.1 Å². The van der Waals surface area contributed by atoms with Crippen LogP contribution in [0.15, 0.2) is 42.7 Å². The Labute approximate surface area is 235 Å². The number of pyridine rings is 1. The summed E-state index contributed by atoms with van der Waals surface area (Å²) in [6, 6.07) is 7.56. The lowest BCUT2D eigenvalue weighted by molar-refractivity contribution is -0.141. The molecule has 0 spiro atoms. The minimum absolute atomic E-state index is 0.0440. The molecular formula is C25H21Cl2F3N8O2. The van der Waals surface area contributed by atoms with E-state index in [1.54, 1.807) is 25.1 Å². The van der Waals surface area contributed by atoms with Crippen molar-refractivity contribution in [2.45, 2.75) is 32.5 Å². The predicted molar refractivity (Wildman–Crippen MR) is 140 cm³/mol.